The number of H-pyrrole nitrogens is 1. The SMILES string of the molecule is CC(C)=CCSc1nnc2c(n1)[nH]c1c(C)cccc12. The van der Waals surface area contributed by atoms with E-state index in [-0.39, 0.29) is 0 Å². The van der Waals surface area contributed by atoms with E-state index < -0.39 is 0 Å². The number of hydrogen-bond acceptors (Lipinski definition) is 4. The maximum Gasteiger partial charge on any atom is 0.211 e. The van der Waals surface area contributed by atoms with Crippen LogP contribution < -0.4 is 0 Å². The number of nitrogens with zero attached hydrogens (tertiary/aromatic N) is 3. The Morgan fingerprint density at radius 1 is 1.30 bits per heavy atom. The zero-order chi connectivity index (χ0) is 14.1. The molecule has 4 nitrogen and oxygen atoms in total. The van der Waals surface area contributed by atoms with E-state index in [1.807, 2.05) is 12.1 Å². The van der Waals surface area contributed by atoms with Crippen molar-refractivity contribution in [2.24, 2.45) is 0 Å². The summed E-state index contributed by atoms with van der Waals surface area (Å²) in [6, 6.07) is 6.16. The molecular weight excluding hydrogens is 268 g/mol. The Hall–Kier alpha value is -1.88. The van der Waals surface area contributed by atoms with Crippen molar-refractivity contribution in [3.63, 3.8) is 0 Å². The normalized spacial score (nSPS) is 11.2. The lowest BCUT2D eigenvalue weighted by molar-refractivity contribution is 0.879. The number of thioether (sulfide) groups is 1. The fraction of sp³-hybridized carbons (Fsp3) is 0.267. The van der Waals surface area contributed by atoms with Crippen LogP contribution in [0.2, 0.25) is 0 Å². The number of aromatic amines is 1. The average Bonchev–Trinajstić information content (AvgIpc) is 2.78. The smallest absolute Gasteiger partial charge is 0.211 e. The van der Waals surface area contributed by atoms with Crippen LogP contribution in [0.4, 0.5) is 0 Å². The summed E-state index contributed by atoms with van der Waals surface area (Å²) < 4.78 is 0. The van der Waals surface area contributed by atoms with Gasteiger partial charge in [-0.3, -0.25) is 0 Å². The third-order valence-corrected chi connectivity index (χ3v) is 3.91. The first-order valence-electron chi connectivity index (χ1n) is 6.53. The molecule has 0 bridgehead atoms. The molecule has 0 aliphatic carbocycles. The Balaban J connectivity index is 2.01. The molecule has 2 aromatic heterocycles. The lowest BCUT2D eigenvalue weighted by Crippen LogP contribution is -1.91. The molecule has 0 radical (unpaired) electrons. The second kappa shape index (κ2) is 5.25. The molecule has 0 aliphatic heterocycles. The molecule has 0 unspecified atom stereocenters. The molecule has 0 saturated heterocycles. The van der Waals surface area contributed by atoms with Crippen LogP contribution in [0.3, 0.4) is 0 Å². The molecule has 20 heavy (non-hydrogen) atoms. The fourth-order valence-electron chi connectivity index (χ4n) is 2.07. The average molecular weight is 284 g/mol. The fourth-order valence-corrected chi connectivity index (χ4v) is 2.89. The number of fused-ring (bicyclic) bond motifs is 3. The quantitative estimate of drug-likeness (QED) is 0.586. The van der Waals surface area contributed by atoms with Gasteiger partial charge in [0.2, 0.25) is 5.16 Å². The van der Waals surface area contributed by atoms with E-state index in [0.29, 0.717) is 5.16 Å². The number of rotatable bonds is 3. The minimum absolute atomic E-state index is 0.708. The molecular formula is C15H16N4S. The van der Waals surface area contributed by atoms with Gasteiger partial charge in [0.05, 0.1) is 5.52 Å². The van der Waals surface area contributed by atoms with Crippen LogP contribution in [0.25, 0.3) is 22.1 Å². The first-order valence-corrected chi connectivity index (χ1v) is 7.51. The molecule has 5 heteroatoms. The van der Waals surface area contributed by atoms with Gasteiger partial charge >= 0.3 is 0 Å². The monoisotopic (exact) mass is 284 g/mol. The van der Waals surface area contributed by atoms with E-state index in [1.54, 1.807) is 11.8 Å². The van der Waals surface area contributed by atoms with Crippen molar-refractivity contribution in [1.29, 1.82) is 0 Å². The van der Waals surface area contributed by atoms with Gasteiger partial charge < -0.3 is 4.98 Å². The molecule has 0 amide bonds. The van der Waals surface area contributed by atoms with Crippen LogP contribution in [0, 0.1) is 6.92 Å². The van der Waals surface area contributed by atoms with Gasteiger partial charge in [0.1, 0.15) is 5.52 Å². The van der Waals surface area contributed by atoms with Gasteiger partial charge in [-0.15, -0.1) is 10.2 Å². The Labute approximate surface area is 121 Å². The lowest BCUT2D eigenvalue weighted by atomic mass is 10.1. The highest BCUT2D eigenvalue weighted by Crippen LogP contribution is 2.25. The summed E-state index contributed by atoms with van der Waals surface area (Å²) in [5.74, 6) is 0.870. The Bertz CT molecular complexity index is 800. The molecule has 0 aliphatic rings. The third kappa shape index (κ3) is 2.41. The molecule has 102 valence electrons. The van der Waals surface area contributed by atoms with Crippen LogP contribution in [0.5, 0.6) is 0 Å². The number of allylic oxidation sites excluding steroid dienone is 1. The molecule has 0 fully saturated rings. The molecule has 1 aromatic carbocycles. The van der Waals surface area contributed by atoms with Gasteiger partial charge in [-0.2, -0.15) is 0 Å². The summed E-state index contributed by atoms with van der Waals surface area (Å²) in [6.45, 7) is 6.25. The predicted molar refractivity (Wildman–Crippen MR) is 84.1 cm³/mol. The minimum atomic E-state index is 0.708. The van der Waals surface area contributed by atoms with Gasteiger partial charge in [0.15, 0.2) is 5.65 Å². The van der Waals surface area contributed by atoms with Gasteiger partial charge in [-0.25, -0.2) is 4.98 Å². The zero-order valence-electron chi connectivity index (χ0n) is 11.8. The summed E-state index contributed by atoms with van der Waals surface area (Å²) in [7, 11) is 0. The van der Waals surface area contributed by atoms with Crippen molar-refractivity contribution < 1.29 is 0 Å². The lowest BCUT2D eigenvalue weighted by Gasteiger charge is -1.96. The highest BCUT2D eigenvalue weighted by atomic mass is 32.2. The van der Waals surface area contributed by atoms with E-state index in [9.17, 15) is 0 Å². The molecule has 0 spiro atoms. The highest BCUT2D eigenvalue weighted by molar-refractivity contribution is 7.99. The Morgan fingerprint density at radius 2 is 2.15 bits per heavy atom. The van der Waals surface area contributed by atoms with Crippen LogP contribution in [-0.2, 0) is 0 Å². The third-order valence-electron chi connectivity index (χ3n) is 3.14. The van der Waals surface area contributed by atoms with Crippen LogP contribution in [-0.4, -0.2) is 25.9 Å². The van der Waals surface area contributed by atoms with Crippen molar-refractivity contribution in [2.75, 3.05) is 5.75 Å². The van der Waals surface area contributed by atoms with Crippen molar-refractivity contribution in [3.05, 3.63) is 35.4 Å². The maximum atomic E-state index is 4.55. The second-order valence-corrected chi connectivity index (χ2v) is 5.99. The molecule has 0 atom stereocenters. The molecule has 2 heterocycles. The first-order chi connectivity index (χ1) is 9.65. The Kier molecular flexibility index (Phi) is 3.44. The first kappa shape index (κ1) is 13.1. The Morgan fingerprint density at radius 3 is 2.95 bits per heavy atom. The van der Waals surface area contributed by atoms with Crippen molar-refractivity contribution >= 4 is 33.8 Å². The maximum absolute atomic E-state index is 4.55. The molecule has 3 rings (SSSR count). The standard InChI is InChI=1S/C15H16N4S/c1-9(2)7-8-20-15-17-14-13(18-19-15)11-6-4-5-10(3)12(11)16-14/h4-7H,8H2,1-3H3,(H,16,17,19). The van der Waals surface area contributed by atoms with Gasteiger partial charge in [0.25, 0.3) is 0 Å². The van der Waals surface area contributed by atoms with Gasteiger partial charge in [0, 0.05) is 11.1 Å². The van der Waals surface area contributed by atoms with E-state index in [1.165, 1.54) is 11.1 Å². The summed E-state index contributed by atoms with van der Waals surface area (Å²) in [5, 5.41) is 10.3. The molecule has 3 aromatic rings. The van der Waals surface area contributed by atoms with Crippen LogP contribution >= 0.6 is 11.8 Å². The van der Waals surface area contributed by atoms with E-state index in [4.69, 9.17) is 0 Å². The predicted octanol–water partition coefficient (Wildman–Crippen LogP) is 3.87. The minimum Gasteiger partial charge on any atom is -0.337 e. The summed E-state index contributed by atoms with van der Waals surface area (Å²) in [5.41, 5.74) is 5.24. The highest BCUT2D eigenvalue weighted by Gasteiger charge is 2.10. The van der Waals surface area contributed by atoms with E-state index >= 15 is 0 Å². The van der Waals surface area contributed by atoms with Crippen molar-refractivity contribution in [3.8, 4) is 0 Å². The topological polar surface area (TPSA) is 54.5 Å². The summed E-state index contributed by atoms with van der Waals surface area (Å²) in [4.78, 5) is 7.90. The molecule has 1 N–H and O–H groups in total. The van der Waals surface area contributed by atoms with Crippen molar-refractivity contribution in [1.82, 2.24) is 20.2 Å². The van der Waals surface area contributed by atoms with E-state index in [2.05, 4.69) is 53.1 Å². The molecule has 0 saturated carbocycles. The summed E-state index contributed by atoms with van der Waals surface area (Å²) >= 11 is 1.60. The number of aromatic nitrogens is 4. The zero-order valence-corrected chi connectivity index (χ0v) is 12.6. The second-order valence-electron chi connectivity index (χ2n) is 5.01. The number of para-hydroxylation sites is 1. The largest absolute Gasteiger partial charge is 0.337 e. The number of nitrogens with one attached hydrogen (secondary N) is 1. The summed E-state index contributed by atoms with van der Waals surface area (Å²) in [6.07, 6.45) is 2.16. The van der Waals surface area contributed by atoms with Gasteiger partial charge in [-0.1, -0.05) is 41.6 Å². The number of benzene rings is 1. The number of hydrogen-bond donors (Lipinski definition) is 1. The van der Waals surface area contributed by atoms with Crippen LogP contribution in [0.1, 0.15) is 19.4 Å². The van der Waals surface area contributed by atoms with Gasteiger partial charge in [-0.05, 0) is 26.3 Å². The van der Waals surface area contributed by atoms with Crippen molar-refractivity contribution in [2.45, 2.75) is 25.9 Å². The number of aryl methyl sites for hydroxylation is 1. The van der Waals surface area contributed by atoms with E-state index in [0.717, 1.165) is 27.8 Å². The van der Waals surface area contributed by atoms with Crippen LogP contribution in [0.15, 0.2) is 35.0 Å².